The van der Waals surface area contributed by atoms with Crippen molar-refractivity contribution in [2.75, 3.05) is 0 Å². The van der Waals surface area contributed by atoms with Crippen molar-refractivity contribution in [1.29, 1.82) is 0 Å². The molecule has 118 valence electrons. The van der Waals surface area contributed by atoms with Gasteiger partial charge in [0.15, 0.2) is 0 Å². The Morgan fingerprint density at radius 2 is 1.95 bits per heavy atom. The standard InChI is InChI=1S/C15H23FN2O2S/c1-10(2)17-9-12-4-7-15(14(16)8-12)21(19,20)18-11(3)13-5-6-13/h4,7-8,10-11,13,17-18H,5-6,9H2,1-3H3. The number of hydrogen-bond acceptors (Lipinski definition) is 3. The molecule has 0 spiro atoms. The molecule has 1 aliphatic rings. The van der Waals surface area contributed by atoms with E-state index in [1.54, 1.807) is 6.07 Å². The fraction of sp³-hybridized carbons (Fsp3) is 0.600. The van der Waals surface area contributed by atoms with Gasteiger partial charge in [0.05, 0.1) is 0 Å². The first-order valence-electron chi connectivity index (χ1n) is 7.33. The number of halogens is 1. The zero-order chi connectivity index (χ0) is 15.6. The predicted molar refractivity (Wildman–Crippen MR) is 80.9 cm³/mol. The van der Waals surface area contributed by atoms with Crippen LogP contribution in [0.1, 0.15) is 39.2 Å². The number of sulfonamides is 1. The van der Waals surface area contributed by atoms with Gasteiger partial charge in [0.1, 0.15) is 10.7 Å². The normalized spacial score (nSPS) is 17.2. The van der Waals surface area contributed by atoms with Crippen molar-refractivity contribution in [3.63, 3.8) is 0 Å². The monoisotopic (exact) mass is 314 g/mol. The third kappa shape index (κ3) is 4.49. The van der Waals surface area contributed by atoms with Gasteiger partial charge in [-0.3, -0.25) is 0 Å². The number of nitrogens with one attached hydrogen (secondary N) is 2. The lowest BCUT2D eigenvalue weighted by molar-refractivity contribution is 0.525. The van der Waals surface area contributed by atoms with Crippen molar-refractivity contribution in [3.8, 4) is 0 Å². The van der Waals surface area contributed by atoms with E-state index in [0.29, 0.717) is 12.5 Å². The lowest BCUT2D eigenvalue weighted by Gasteiger charge is -2.14. The lowest BCUT2D eigenvalue weighted by atomic mass is 10.2. The van der Waals surface area contributed by atoms with Crippen molar-refractivity contribution in [2.24, 2.45) is 5.92 Å². The van der Waals surface area contributed by atoms with Crippen LogP contribution in [0.4, 0.5) is 4.39 Å². The quantitative estimate of drug-likeness (QED) is 0.812. The van der Waals surface area contributed by atoms with Crippen LogP contribution in [0.2, 0.25) is 0 Å². The fourth-order valence-electron chi connectivity index (χ4n) is 2.19. The first kappa shape index (κ1) is 16.4. The maximum atomic E-state index is 14.1. The van der Waals surface area contributed by atoms with E-state index in [0.717, 1.165) is 18.4 Å². The van der Waals surface area contributed by atoms with Crippen LogP contribution in [0, 0.1) is 11.7 Å². The van der Waals surface area contributed by atoms with Gasteiger partial charge in [-0.1, -0.05) is 19.9 Å². The fourth-order valence-corrected chi connectivity index (χ4v) is 3.57. The number of rotatable bonds is 7. The van der Waals surface area contributed by atoms with Gasteiger partial charge in [-0.2, -0.15) is 0 Å². The van der Waals surface area contributed by atoms with Gasteiger partial charge >= 0.3 is 0 Å². The molecule has 0 aromatic heterocycles. The van der Waals surface area contributed by atoms with Crippen LogP contribution in [-0.4, -0.2) is 20.5 Å². The first-order chi connectivity index (χ1) is 9.79. The molecule has 6 heteroatoms. The summed E-state index contributed by atoms with van der Waals surface area (Å²) in [4.78, 5) is -0.275. The van der Waals surface area contributed by atoms with Gasteiger partial charge in [-0.25, -0.2) is 17.5 Å². The Hall–Kier alpha value is -0.980. The number of hydrogen-bond donors (Lipinski definition) is 2. The smallest absolute Gasteiger partial charge is 0.243 e. The molecule has 0 radical (unpaired) electrons. The van der Waals surface area contributed by atoms with Gasteiger partial charge in [0, 0.05) is 18.6 Å². The van der Waals surface area contributed by atoms with Gasteiger partial charge < -0.3 is 5.32 Å². The molecule has 0 saturated heterocycles. The van der Waals surface area contributed by atoms with Crippen LogP contribution in [0.25, 0.3) is 0 Å². The van der Waals surface area contributed by atoms with Crippen LogP contribution in [-0.2, 0) is 16.6 Å². The van der Waals surface area contributed by atoms with Crippen LogP contribution in [0.5, 0.6) is 0 Å². The summed E-state index contributed by atoms with van der Waals surface area (Å²) in [6, 6.07) is 4.42. The second-order valence-electron chi connectivity index (χ2n) is 6.05. The van der Waals surface area contributed by atoms with Gasteiger partial charge in [0.25, 0.3) is 0 Å². The third-order valence-electron chi connectivity index (χ3n) is 3.67. The largest absolute Gasteiger partial charge is 0.310 e. The lowest BCUT2D eigenvalue weighted by Crippen LogP contribution is -2.34. The van der Waals surface area contributed by atoms with E-state index in [-0.39, 0.29) is 17.0 Å². The Kier molecular flexibility index (Phi) is 5.01. The minimum absolute atomic E-state index is 0.142. The highest BCUT2D eigenvalue weighted by molar-refractivity contribution is 7.89. The Labute approximate surface area is 126 Å². The van der Waals surface area contributed by atoms with E-state index in [2.05, 4.69) is 10.0 Å². The highest BCUT2D eigenvalue weighted by Gasteiger charge is 2.32. The van der Waals surface area contributed by atoms with Crippen LogP contribution < -0.4 is 10.0 Å². The Morgan fingerprint density at radius 3 is 2.48 bits per heavy atom. The van der Waals surface area contributed by atoms with Crippen molar-refractivity contribution >= 4 is 10.0 Å². The summed E-state index contributed by atoms with van der Waals surface area (Å²) in [7, 11) is -3.79. The maximum absolute atomic E-state index is 14.1. The topological polar surface area (TPSA) is 58.2 Å². The zero-order valence-electron chi connectivity index (χ0n) is 12.7. The predicted octanol–water partition coefficient (Wildman–Crippen LogP) is 2.40. The summed E-state index contributed by atoms with van der Waals surface area (Å²) in [5.41, 5.74) is 0.732. The molecule has 21 heavy (non-hydrogen) atoms. The van der Waals surface area contributed by atoms with E-state index in [1.807, 2.05) is 20.8 Å². The minimum atomic E-state index is -3.79. The van der Waals surface area contributed by atoms with E-state index in [9.17, 15) is 12.8 Å². The van der Waals surface area contributed by atoms with E-state index >= 15 is 0 Å². The molecule has 0 bridgehead atoms. The van der Waals surface area contributed by atoms with Crippen molar-refractivity contribution in [1.82, 2.24) is 10.0 Å². The molecule has 2 rings (SSSR count). The maximum Gasteiger partial charge on any atom is 0.243 e. The molecule has 0 amide bonds. The molecule has 2 N–H and O–H groups in total. The molecule has 1 atom stereocenters. The van der Waals surface area contributed by atoms with Crippen molar-refractivity contribution in [3.05, 3.63) is 29.6 Å². The summed E-state index contributed by atoms with van der Waals surface area (Å²) < 4.78 is 41.1. The molecule has 4 nitrogen and oxygen atoms in total. The summed E-state index contributed by atoms with van der Waals surface area (Å²) in [6.07, 6.45) is 2.07. The molecular weight excluding hydrogens is 291 g/mol. The summed E-state index contributed by atoms with van der Waals surface area (Å²) in [5, 5.41) is 3.17. The minimum Gasteiger partial charge on any atom is -0.310 e. The molecule has 1 aromatic carbocycles. The molecule has 0 heterocycles. The second kappa shape index (κ2) is 6.42. The SMILES string of the molecule is CC(C)NCc1ccc(S(=O)(=O)NC(C)C2CC2)c(F)c1. The highest BCUT2D eigenvalue weighted by Crippen LogP contribution is 2.33. The van der Waals surface area contributed by atoms with Gasteiger partial charge in [0.2, 0.25) is 10.0 Å². The second-order valence-corrected chi connectivity index (χ2v) is 7.73. The highest BCUT2D eigenvalue weighted by atomic mass is 32.2. The number of benzene rings is 1. The van der Waals surface area contributed by atoms with E-state index < -0.39 is 15.8 Å². The zero-order valence-corrected chi connectivity index (χ0v) is 13.5. The summed E-state index contributed by atoms with van der Waals surface area (Å²) >= 11 is 0. The molecule has 0 aliphatic heterocycles. The van der Waals surface area contributed by atoms with E-state index in [1.165, 1.54) is 12.1 Å². The van der Waals surface area contributed by atoms with Crippen molar-refractivity contribution in [2.45, 2.75) is 57.1 Å². The van der Waals surface area contributed by atoms with Crippen molar-refractivity contribution < 1.29 is 12.8 Å². The Morgan fingerprint density at radius 1 is 1.29 bits per heavy atom. The molecule has 1 fully saturated rings. The molecule has 1 saturated carbocycles. The third-order valence-corrected chi connectivity index (χ3v) is 5.26. The summed E-state index contributed by atoms with van der Waals surface area (Å²) in [5.74, 6) is -0.314. The van der Waals surface area contributed by atoms with Crippen LogP contribution >= 0.6 is 0 Å². The molecule has 1 aliphatic carbocycles. The summed E-state index contributed by atoms with van der Waals surface area (Å²) in [6.45, 7) is 6.34. The van der Waals surface area contributed by atoms with Gasteiger partial charge in [-0.05, 0) is 43.4 Å². The average Bonchev–Trinajstić information content (AvgIpc) is 3.19. The molecule has 1 unspecified atom stereocenters. The average molecular weight is 314 g/mol. The van der Waals surface area contributed by atoms with Crippen LogP contribution in [0.15, 0.2) is 23.1 Å². The van der Waals surface area contributed by atoms with Crippen LogP contribution in [0.3, 0.4) is 0 Å². The van der Waals surface area contributed by atoms with E-state index in [4.69, 9.17) is 0 Å². The first-order valence-corrected chi connectivity index (χ1v) is 8.82. The molecule has 1 aromatic rings. The Bertz CT molecular complexity index is 598. The molecular formula is C15H23FN2O2S. The van der Waals surface area contributed by atoms with Gasteiger partial charge in [-0.15, -0.1) is 0 Å². The Balaban J connectivity index is 2.11.